The number of rotatable bonds is 7. The van der Waals surface area contributed by atoms with Crippen LogP contribution >= 0.6 is 34.7 Å². The van der Waals surface area contributed by atoms with Crippen molar-refractivity contribution < 1.29 is 14.3 Å². The van der Waals surface area contributed by atoms with Gasteiger partial charge in [0.1, 0.15) is 16.4 Å². The number of nitrogens with one attached hydrogen (secondary N) is 1. The lowest BCUT2D eigenvalue weighted by atomic mass is 9.89. The van der Waals surface area contributed by atoms with Gasteiger partial charge in [-0.15, -0.1) is 21.5 Å². The van der Waals surface area contributed by atoms with E-state index in [1.807, 2.05) is 29.1 Å². The normalized spacial score (nSPS) is 14.3. The number of aromatic nitrogens is 3. The molecule has 0 aliphatic heterocycles. The number of thiophene rings is 1. The van der Waals surface area contributed by atoms with Crippen LogP contribution in [0.2, 0.25) is 5.02 Å². The molecule has 3 aromatic rings. The van der Waals surface area contributed by atoms with E-state index in [1.165, 1.54) is 49.5 Å². The molecule has 2 aromatic heterocycles. The van der Waals surface area contributed by atoms with Crippen molar-refractivity contribution in [1.29, 1.82) is 0 Å². The van der Waals surface area contributed by atoms with E-state index in [-0.39, 0.29) is 11.7 Å². The van der Waals surface area contributed by atoms with Crippen LogP contribution in [0.5, 0.6) is 0 Å². The lowest BCUT2D eigenvalue weighted by molar-refractivity contribution is -0.113. The van der Waals surface area contributed by atoms with Crippen molar-refractivity contribution in [3.63, 3.8) is 0 Å². The summed E-state index contributed by atoms with van der Waals surface area (Å²) in [5.41, 5.74) is 1.85. The number of thioether (sulfide) groups is 1. The van der Waals surface area contributed by atoms with E-state index in [4.69, 9.17) is 16.3 Å². The quantitative estimate of drug-likeness (QED) is 0.325. The highest BCUT2D eigenvalue weighted by molar-refractivity contribution is 7.99. The van der Waals surface area contributed by atoms with Crippen LogP contribution in [0, 0.1) is 0 Å². The minimum atomic E-state index is -0.505. The number of esters is 1. The summed E-state index contributed by atoms with van der Waals surface area (Å²) in [6, 6.07) is 7.17. The van der Waals surface area contributed by atoms with Gasteiger partial charge >= 0.3 is 5.97 Å². The number of carbonyl (C=O) groups excluding carboxylic acids is 2. The predicted molar refractivity (Wildman–Crippen MR) is 132 cm³/mol. The Balaban J connectivity index is 1.45. The van der Waals surface area contributed by atoms with Crippen LogP contribution in [0.4, 0.5) is 5.00 Å². The fraction of sp³-hybridized carbons (Fsp3) is 0.391. The molecule has 1 amide bonds. The molecule has 7 nitrogen and oxygen atoms in total. The highest BCUT2D eigenvalue weighted by atomic mass is 35.5. The predicted octanol–water partition coefficient (Wildman–Crippen LogP) is 5.76. The van der Waals surface area contributed by atoms with E-state index < -0.39 is 5.97 Å². The van der Waals surface area contributed by atoms with E-state index in [0.717, 1.165) is 24.2 Å². The molecule has 0 bridgehead atoms. The molecule has 2 heterocycles. The number of ether oxygens (including phenoxy) is 1. The summed E-state index contributed by atoms with van der Waals surface area (Å²) in [6.45, 7) is 0. The van der Waals surface area contributed by atoms with Crippen LogP contribution < -0.4 is 5.32 Å². The molecule has 4 rings (SSSR count). The maximum atomic E-state index is 12.7. The number of methoxy groups -OCH3 is 1. The third-order valence-electron chi connectivity index (χ3n) is 5.76. The second kappa shape index (κ2) is 10.7. The zero-order valence-electron chi connectivity index (χ0n) is 18.5. The van der Waals surface area contributed by atoms with Crippen molar-refractivity contribution in [3.8, 4) is 11.1 Å². The molecule has 1 aliphatic rings. The van der Waals surface area contributed by atoms with Gasteiger partial charge in [-0.05, 0) is 30.5 Å². The number of nitrogens with zero attached hydrogens (tertiary/aromatic N) is 3. The largest absolute Gasteiger partial charge is 0.465 e. The highest BCUT2D eigenvalue weighted by Crippen LogP contribution is 2.37. The van der Waals surface area contributed by atoms with Gasteiger partial charge in [0.25, 0.3) is 0 Å². The van der Waals surface area contributed by atoms with Crippen LogP contribution in [-0.4, -0.2) is 39.5 Å². The van der Waals surface area contributed by atoms with Crippen molar-refractivity contribution >= 4 is 51.6 Å². The second-order valence-corrected chi connectivity index (χ2v) is 10.2. The van der Waals surface area contributed by atoms with Gasteiger partial charge in [0.15, 0.2) is 5.16 Å². The molecule has 174 valence electrons. The molecule has 1 N–H and O–H groups in total. The Morgan fingerprint density at radius 2 is 1.94 bits per heavy atom. The van der Waals surface area contributed by atoms with Crippen LogP contribution in [0.3, 0.4) is 0 Å². The number of carbonyl (C=O) groups is 2. The molecular formula is C23H25ClN4O3S2. The lowest BCUT2D eigenvalue weighted by Gasteiger charge is -2.20. The molecule has 0 unspecified atom stereocenters. The van der Waals surface area contributed by atoms with E-state index in [9.17, 15) is 9.59 Å². The monoisotopic (exact) mass is 504 g/mol. The van der Waals surface area contributed by atoms with Gasteiger partial charge in [-0.3, -0.25) is 4.79 Å². The molecule has 0 spiro atoms. The first-order valence-corrected chi connectivity index (χ1v) is 13.0. The van der Waals surface area contributed by atoms with Gasteiger partial charge in [0.2, 0.25) is 5.91 Å². The van der Waals surface area contributed by atoms with Crippen molar-refractivity contribution in [2.24, 2.45) is 7.05 Å². The number of halogens is 1. The van der Waals surface area contributed by atoms with Gasteiger partial charge in [0, 0.05) is 28.9 Å². The van der Waals surface area contributed by atoms with Gasteiger partial charge in [-0.1, -0.05) is 54.8 Å². The maximum absolute atomic E-state index is 12.7. The first-order chi connectivity index (χ1) is 16.0. The molecule has 0 saturated heterocycles. The molecule has 33 heavy (non-hydrogen) atoms. The molecule has 1 aliphatic carbocycles. The number of hydrogen-bond acceptors (Lipinski definition) is 7. The lowest BCUT2D eigenvalue weighted by Crippen LogP contribution is -2.16. The zero-order chi connectivity index (χ0) is 23.4. The molecule has 0 atom stereocenters. The first-order valence-electron chi connectivity index (χ1n) is 10.8. The topological polar surface area (TPSA) is 86.1 Å². The van der Waals surface area contributed by atoms with Gasteiger partial charge in [-0.2, -0.15) is 0 Å². The first kappa shape index (κ1) is 23.8. The van der Waals surface area contributed by atoms with E-state index in [1.54, 1.807) is 12.1 Å². The Morgan fingerprint density at radius 3 is 2.64 bits per heavy atom. The molecule has 1 fully saturated rings. The van der Waals surface area contributed by atoms with Crippen molar-refractivity contribution in [1.82, 2.24) is 14.8 Å². The second-order valence-electron chi connectivity index (χ2n) is 7.92. The average molecular weight is 505 g/mol. The van der Waals surface area contributed by atoms with Gasteiger partial charge in [0.05, 0.1) is 12.9 Å². The van der Waals surface area contributed by atoms with Crippen molar-refractivity contribution in [2.45, 2.75) is 43.2 Å². The Morgan fingerprint density at radius 1 is 1.21 bits per heavy atom. The zero-order valence-corrected chi connectivity index (χ0v) is 20.9. The van der Waals surface area contributed by atoms with Gasteiger partial charge in [-0.25, -0.2) is 4.79 Å². The molecular weight excluding hydrogens is 480 g/mol. The summed E-state index contributed by atoms with van der Waals surface area (Å²) in [7, 11) is 3.28. The fourth-order valence-corrected chi connectivity index (χ4v) is 5.88. The van der Waals surface area contributed by atoms with E-state index in [2.05, 4.69) is 15.5 Å². The summed E-state index contributed by atoms with van der Waals surface area (Å²) in [6.07, 6.45) is 6.02. The molecule has 1 aromatic carbocycles. The highest BCUT2D eigenvalue weighted by Gasteiger charge is 2.24. The minimum Gasteiger partial charge on any atom is -0.465 e. The minimum absolute atomic E-state index is 0.158. The number of hydrogen-bond donors (Lipinski definition) is 1. The Bertz CT molecular complexity index is 1140. The molecule has 10 heteroatoms. The SMILES string of the molecule is COC(=O)c1c(-c2ccc(Cl)cc2)csc1NC(=O)CSc1nnc(C2CCCCC2)n1C. The van der Waals surface area contributed by atoms with Crippen molar-refractivity contribution in [3.05, 3.63) is 46.1 Å². The molecule has 0 radical (unpaired) electrons. The summed E-state index contributed by atoms with van der Waals surface area (Å²) in [5, 5.41) is 15.1. The van der Waals surface area contributed by atoms with E-state index in [0.29, 0.717) is 32.2 Å². The Hall–Kier alpha value is -2.36. The summed E-state index contributed by atoms with van der Waals surface area (Å²) in [4.78, 5) is 25.2. The van der Waals surface area contributed by atoms with E-state index >= 15 is 0 Å². The average Bonchev–Trinajstić information content (AvgIpc) is 3.41. The summed E-state index contributed by atoms with van der Waals surface area (Å²) in [5.74, 6) is 0.869. The third kappa shape index (κ3) is 5.42. The Kier molecular flexibility index (Phi) is 7.72. The number of anilines is 1. The number of amides is 1. The van der Waals surface area contributed by atoms with Crippen molar-refractivity contribution in [2.75, 3.05) is 18.2 Å². The molecule has 1 saturated carbocycles. The summed E-state index contributed by atoms with van der Waals surface area (Å²) < 4.78 is 6.97. The van der Waals surface area contributed by atoms with Crippen LogP contribution in [-0.2, 0) is 16.6 Å². The summed E-state index contributed by atoms with van der Waals surface area (Å²) >= 11 is 8.61. The Labute approximate surface area is 205 Å². The third-order valence-corrected chi connectivity index (χ3v) is 7.93. The van der Waals surface area contributed by atoms with Crippen LogP contribution in [0.25, 0.3) is 11.1 Å². The van der Waals surface area contributed by atoms with Gasteiger partial charge < -0.3 is 14.6 Å². The van der Waals surface area contributed by atoms with Crippen LogP contribution in [0.1, 0.15) is 54.2 Å². The standard InChI is InChI=1S/C23H25ClN4O3S2/c1-28-20(15-6-4-3-5-7-15)26-27-23(28)33-13-18(29)25-21-19(22(30)31-2)17(12-32-21)14-8-10-16(24)11-9-14/h8-12,15H,3-7,13H2,1-2H3,(H,25,29). The fourth-order valence-electron chi connectivity index (χ4n) is 4.06. The smallest absolute Gasteiger partial charge is 0.341 e. The number of benzene rings is 1. The van der Waals surface area contributed by atoms with Crippen LogP contribution in [0.15, 0.2) is 34.8 Å². The maximum Gasteiger partial charge on any atom is 0.341 e.